The summed E-state index contributed by atoms with van der Waals surface area (Å²) in [6.07, 6.45) is 2.38. The largest absolute Gasteiger partial charge is 0.423 e. The van der Waals surface area contributed by atoms with Crippen molar-refractivity contribution < 1.29 is 4.42 Å². The number of hydrogen-bond acceptors (Lipinski definition) is 3. The lowest BCUT2D eigenvalue weighted by Crippen LogP contribution is -2.31. The Morgan fingerprint density at radius 3 is 2.80 bits per heavy atom. The van der Waals surface area contributed by atoms with Crippen LogP contribution in [0.4, 0.5) is 5.69 Å². The van der Waals surface area contributed by atoms with Gasteiger partial charge < -0.3 is 14.6 Å². The minimum atomic E-state index is -0.325. The Morgan fingerprint density at radius 2 is 2.05 bits per heavy atom. The molecule has 0 spiro atoms. The Balaban J connectivity index is 1.89. The second-order valence-corrected chi connectivity index (χ2v) is 5.47. The van der Waals surface area contributed by atoms with Gasteiger partial charge in [-0.2, -0.15) is 0 Å². The van der Waals surface area contributed by atoms with E-state index in [1.807, 2.05) is 25.1 Å². The van der Waals surface area contributed by atoms with Crippen LogP contribution >= 0.6 is 12.2 Å². The summed E-state index contributed by atoms with van der Waals surface area (Å²) in [6.45, 7) is 3.92. The van der Waals surface area contributed by atoms with Crippen molar-refractivity contribution in [1.29, 1.82) is 0 Å². The summed E-state index contributed by atoms with van der Waals surface area (Å²) in [4.78, 5) is 13.6. The van der Waals surface area contributed by atoms with Gasteiger partial charge in [0.15, 0.2) is 5.11 Å². The molecule has 1 aliphatic heterocycles. The quantitative estimate of drug-likeness (QED) is 0.646. The fourth-order valence-electron chi connectivity index (χ4n) is 2.53. The number of nitrogens with one attached hydrogen (secondary N) is 1. The number of hydrogen-bond donors (Lipinski definition) is 1. The van der Waals surface area contributed by atoms with Crippen molar-refractivity contribution in [1.82, 2.24) is 4.90 Å². The molecule has 2 heterocycles. The van der Waals surface area contributed by atoms with E-state index >= 15 is 0 Å². The summed E-state index contributed by atoms with van der Waals surface area (Å²) in [5.41, 5.74) is 2.03. The van der Waals surface area contributed by atoms with E-state index in [1.54, 1.807) is 0 Å². The van der Waals surface area contributed by atoms with Crippen LogP contribution in [0.5, 0.6) is 0 Å². The summed E-state index contributed by atoms with van der Waals surface area (Å²) in [5, 5.41) is 4.89. The van der Waals surface area contributed by atoms with Gasteiger partial charge >= 0.3 is 5.63 Å². The molecular formula is C15H16N2O2S. The summed E-state index contributed by atoms with van der Waals surface area (Å²) in [5.74, 6) is 0. The van der Waals surface area contributed by atoms with Gasteiger partial charge in [0, 0.05) is 36.3 Å². The maximum atomic E-state index is 11.4. The first-order valence-electron chi connectivity index (χ1n) is 6.74. The van der Waals surface area contributed by atoms with Crippen LogP contribution in [0.2, 0.25) is 0 Å². The van der Waals surface area contributed by atoms with Gasteiger partial charge in [-0.15, -0.1) is 0 Å². The van der Waals surface area contributed by atoms with Crippen LogP contribution in [0.3, 0.4) is 0 Å². The zero-order valence-corrected chi connectivity index (χ0v) is 12.1. The van der Waals surface area contributed by atoms with Gasteiger partial charge in [-0.1, -0.05) is 0 Å². The molecule has 20 heavy (non-hydrogen) atoms. The van der Waals surface area contributed by atoms with Crippen molar-refractivity contribution in [2.75, 3.05) is 18.4 Å². The Bertz CT molecular complexity index is 717. The number of benzene rings is 1. The highest BCUT2D eigenvalue weighted by atomic mass is 32.1. The number of likely N-dealkylation sites (tertiary alicyclic amines) is 1. The first kappa shape index (κ1) is 13.1. The predicted octanol–water partition coefficient (Wildman–Crippen LogP) is 2.89. The number of thiocarbonyl (C=S) groups is 1. The molecule has 1 fully saturated rings. The van der Waals surface area contributed by atoms with Crippen LogP contribution < -0.4 is 10.9 Å². The van der Waals surface area contributed by atoms with E-state index in [1.165, 1.54) is 18.9 Å². The molecular weight excluding hydrogens is 272 g/mol. The maximum Gasteiger partial charge on any atom is 0.336 e. The number of anilines is 1. The molecule has 0 saturated carbocycles. The van der Waals surface area contributed by atoms with Crippen molar-refractivity contribution in [3.05, 3.63) is 40.2 Å². The fraction of sp³-hybridized carbons (Fsp3) is 0.333. The average Bonchev–Trinajstić information content (AvgIpc) is 2.91. The van der Waals surface area contributed by atoms with Gasteiger partial charge in [0.2, 0.25) is 0 Å². The van der Waals surface area contributed by atoms with Crippen LogP contribution in [0, 0.1) is 6.92 Å². The molecule has 104 valence electrons. The standard InChI is InChI=1S/C15H16N2O2S/c1-10-8-14(18)19-13-9-11(4-5-12(10)13)16-15(20)17-6-2-3-7-17/h4-5,8-9H,2-3,6-7H2,1H3,(H,16,20). The van der Waals surface area contributed by atoms with Crippen LogP contribution in [-0.4, -0.2) is 23.1 Å². The van der Waals surface area contributed by atoms with Crippen molar-refractivity contribution in [2.24, 2.45) is 0 Å². The Labute approximate surface area is 122 Å². The molecule has 1 aromatic carbocycles. The summed E-state index contributed by atoms with van der Waals surface area (Å²) in [6, 6.07) is 7.23. The van der Waals surface area contributed by atoms with Crippen LogP contribution in [0.1, 0.15) is 18.4 Å². The summed E-state index contributed by atoms with van der Waals surface area (Å²) in [7, 11) is 0. The number of fused-ring (bicyclic) bond motifs is 1. The van der Waals surface area contributed by atoms with Gasteiger partial charge in [0.1, 0.15) is 5.58 Å². The third kappa shape index (κ3) is 2.54. The molecule has 4 nitrogen and oxygen atoms in total. The van der Waals surface area contributed by atoms with Gasteiger partial charge in [-0.25, -0.2) is 4.79 Å². The second-order valence-electron chi connectivity index (χ2n) is 5.08. The van der Waals surface area contributed by atoms with E-state index in [-0.39, 0.29) is 5.63 Å². The van der Waals surface area contributed by atoms with Crippen molar-refractivity contribution in [3.63, 3.8) is 0 Å². The summed E-state index contributed by atoms with van der Waals surface area (Å²) >= 11 is 5.39. The van der Waals surface area contributed by atoms with Crippen molar-refractivity contribution >= 4 is 34.0 Å². The minimum Gasteiger partial charge on any atom is -0.423 e. The molecule has 0 atom stereocenters. The highest BCUT2D eigenvalue weighted by Crippen LogP contribution is 2.21. The molecule has 0 unspecified atom stereocenters. The molecule has 5 heteroatoms. The minimum absolute atomic E-state index is 0.325. The lowest BCUT2D eigenvalue weighted by molar-refractivity contribution is 0.528. The van der Waals surface area contributed by atoms with E-state index in [0.29, 0.717) is 5.58 Å². The van der Waals surface area contributed by atoms with Crippen LogP contribution in [0.15, 0.2) is 33.5 Å². The highest BCUT2D eigenvalue weighted by molar-refractivity contribution is 7.80. The molecule has 1 aromatic heterocycles. The molecule has 3 rings (SSSR count). The molecule has 0 amide bonds. The number of nitrogens with zero attached hydrogens (tertiary/aromatic N) is 1. The Hall–Kier alpha value is -1.88. The molecule has 0 aliphatic carbocycles. The number of rotatable bonds is 1. The summed E-state index contributed by atoms with van der Waals surface area (Å²) < 4.78 is 5.24. The SMILES string of the molecule is Cc1cc(=O)oc2cc(NC(=S)N3CCCC3)ccc12. The third-order valence-corrected chi connectivity index (χ3v) is 3.96. The average molecular weight is 288 g/mol. The highest BCUT2D eigenvalue weighted by Gasteiger charge is 2.14. The second kappa shape index (κ2) is 5.25. The van der Waals surface area contributed by atoms with Crippen molar-refractivity contribution in [2.45, 2.75) is 19.8 Å². The maximum absolute atomic E-state index is 11.4. The lowest BCUT2D eigenvalue weighted by atomic mass is 10.1. The molecule has 0 radical (unpaired) electrons. The molecule has 1 saturated heterocycles. The Morgan fingerprint density at radius 1 is 1.30 bits per heavy atom. The zero-order valence-electron chi connectivity index (χ0n) is 11.3. The van der Waals surface area contributed by atoms with Crippen molar-refractivity contribution in [3.8, 4) is 0 Å². The normalized spacial score (nSPS) is 14.8. The molecule has 2 aromatic rings. The van der Waals surface area contributed by atoms with Gasteiger partial charge in [-0.3, -0.25) is 0 Å². The zero-order chi connectivity index (χ0) is 14.1. The topological polar surface area (TPSA) is 45.5 Å². The monoisotopic (exact) mass is 288 g/mol. The first-order valence-corrected chi connectivity index (χ1v) is 7.15. The van der Waals surface area contributed by atoms with Gasteiger partial charge in [0.05, 0.1) is 0 Å². The van der Waals surface area contributed by atoms with E-state index in [2.05, 4.69) is 10.2 Å². The van der Waals surface area contributed by atoms with Gasteiger partial charge in [-0.05, 0) is 49.7 Å². The van der Waals surface area contributed by atoms with E-state index in [0.717, 1.165) is 34.8 Å². The van der Waals surface area contributed by atoms with E-state index in [4.69, 9.17) is 16.6 Å². The van der Waals surface area contributed by atoms with Gasteiger partial charge in [0.25, 0.3) is 0 Å². The molecule has 1 aliphatic rings. The lowest BCUT2D eigenvalue weighted by Gasteiger charge is -2.19. The number of aryl methyl sites for hydroxylation is 1. The smallest absolute Gasteiger partial charge is 0.336 e. The molecule has 1 N–H and O–H groups in total. The van der Waals surface area contributed by atoms with Crippen LogP contribution in [0.25, 0.3) is 11.0 Å². The fourth-order valence-corrected chi connectivity index (χ4v) is 2.83. The third-order valence-electron chi connectivity index (χ3n) is 3.60. The van der Waals surface area contributed by atoms with E-state index < -0.39 is 0 Å². The van der Waals surface area contributed by atoms with E-state index in [9.17, 15) is 4.79 Å². The Kier molecular flexibility index (Phi) is 3.44. The van der Waals surface area contributed by atoms with Crippen LogP contribution in [-0.2, 0) is 0 Å². The first-order chi connectivity index (χ1) is 9.63. The molecule has 0 bridgehead atoms. The predicted molar refractivity (Wildman–Crippen MR) is 84.2 cm³/mol.